The first kappa shape index (κ1) is 33.9. The van der Waals surface area contributed by atoms with Crippen LogP contribution in [0, 0.1) is 23.7 Å². The molecule has 2 aliphatic heterocycles. The van der Waals surface area contributed by atoms with Crippen LogP contribution in [0.25, 0.3) is 0 Å². The summed E-state index contributed by atoms with van der Waals surface area (Å²) in [6.07, 6.45) is 11.8. The van der Waals surface area contributed by atoms with E-state index < -0.39 is 41.6 Å². The molecule has 43 heavy (non-hydrogen) atoms. The Hall–Kier alpha value is -3.58. The van der Waals surface area contributed by atoms with Gasteiger partial charge in [-0.05, 0) is 50.0 Å². The van der Waals surface area contributed by atoms with Crippen LogP contribution in [0.4, 0.5) is 4.79 Å². The average Bonchev–Trinajstić information content (AvgIpc) is 3.55. The van der Waals surface area contributed by atoms with Gasteiger partial charge in [-0.2, -0.15) is 0 Å². The fourth-order valence-electron chi connectivity index (χ4n) is 5.11. The van der Waals surface area contributed by atoms with E-state index in [1.165, 1.54) is 12.0 Å². The number of unbranched alkanes of at least 4 members (excludes halogenated alkanes) is 1. The van der Waals surface area contributed by atoms with Crippen molar-refractivity contribution in [2.24, 2.45) is 11.3 Å². The number of allylic oxidation sites excluding steroid dienone is 3. The minimum absolute atomic E-state index is 0.0777. The molecule has 3 N–H and O–H groups in total. The second-order valence-electron chi connectivity index (χ2n) is 12.1. The Labute approximate surface area is 260 Å². The van der Waals surface area contributed by atoms with E-state index in [1.807, 2.05) is 46.8 Å². The van der Waals surface area contributed by atoms with Gasteiger partial charge in [0.25, 0.3) is 0 Å². The second-order valence-corrected chi connectivity index (χ2v) is 12.5. The van der Waals surface area contributed by atoms with Gasteiger partial charge in [-0.3, -0.25) is 4.79 Å². The summed E-state index contributed by atoms with van der Waals surface area (Å²) in [6, 6.07) is -1.88. The monoisotopic (exact) mass is 616 g/mol. The maximum Gasteiger partial charge on any atom is 0.408 e. The summed E-state index contributed by atoms with van der Waals surface area (Å²) in [7, 11) is 1.27. The van der Waals surface area contributed by atoms with Gasteiger partial charge in [-0.25, -0.2) is 9.59 Å². The van der Waals surface area contributed by atoms with Crippen LogP contribution in [0.15, 0.2) is 46.7 Å². The highest BCUT2D eigenvalue weighted by Crippen LogP contribution is 2.38. The van der Waals surface area contributed by atoms with Crippen molar-refractivity contribution in [3.63, 3.8) is 0 Å². The van der Waals surface area contributed by atoms with Gasteiger partial charge in [0.15, 0.2) is 5.16 Å². The van der Waals surface area contributed by atoms with Crippen LogP contribution in [-0.2, 0) is 23.8 Å². The first-order valence-electron chi connectivity index (χ1n) is 14.8. The molecule has 1 aliphatic carbocycles. The number of carbonyl (C=O) groups is 3. The Morgan fingerprint density at radius 1 is 1.26 bits per heavy atom. The van der Waals surface area contributed by atoms with Crippen LogP contribution >= 0.6 is 11.6 Å². The molecule has 11 heteroatoms. The number of alkyl carbamates (subject to hydrolysis) is 1. The Morgan fingerprint density at radius 2 is 1.98 bits per heavy atom. The van der Waals surface area contributed by atoms with Crippen molar-refractivity contribution < 1.29 is 28.6 Å². The number of esters is 1. The minimum atomic E-state index is -0.964. The van der Waals surface area contributed by atoms with Crippen LogP contribution in [0.1, 0.15) is 73.1 Å². The fourth-order valence-corrected chi connectivity index (χ4v) is 5.30. The van der Waals surface area contributed by atoms with Gasteiger partial charge in [0, 0.05) is 12.8 Å². The van der Waals surface area contributed by atoms with E-state index in [2.05, 4.69) is 28.4 Å². The number of methoxy groups -OCH3 is 1. The standard InChI is InChI=1S/C32H45ClN4O6/c1-9-12-13-14-20-16-25(20)43-31(40)36-26(32(5,6)7)29(38)37-18-21(17-24(37)30(39)41-8)42-28-27(33)34-22(11-3)23(35-28)15-19(4)10-2/h1,11,15,20-21,24-26,34-35H,4,10,12-14,16-18H2,2-3,5-8H3,(H,36,40). The molecular weight excluding hydrogens is 572 g/mol. The van der Waals surface area contributed by atoms with Gasteiger partial charge < -0.3 is 35.1 Å². The van der Waals surface area contributed by atoms with E-state index in [4.69, 9.17) is 32.2 Å². The molecule has 10 nitrogen and oxygen atoms in total. The maximum atomic E-state index is 14.0. The number of rotatable bonds is 11. The molecule has 0 aromatic heterocycles. The number of amides is 2. The fraction of sp³-hybridized carbons (Fsp3) is 0.594. The summed E-state index contributed by atoms with van der Waals surface area (Å²) < 4.78 is 16.8. The Balaban J connectivity index is 1.74. The van der Waals surface area contributed by atoms with Gasteiger partial charge in [-0.15, -0.1) is 12.3 Å². The largest absolute Gasteiger partial charge is 0.472 e. The van der Waals surface area contributed by atoms with E-state index in [-0.39, 0.29) is 36.0 Å². The van der Waals surface area contributed by atoms with Gasteiger partial charge >= 0.3 is 12.1 Å². The van der Waals surface area contributed by atoms with E-state index in [1.54, 1.807) is 0 Å². The molecule has 5 atom stereocenters. The number of nitrogens with one attached hydrogen (secondary N) is 3. The Kier molecular flexibility index (Phi) is 11.6. The average molecular weight is 617 g/mol. The van der Waals surface area contributed by atoms with Crippen LogP contribution in [0.5, 0.6) is 0 Å². The lowest BCUT2D eigenvalue weighted by Gasteiger charge is -2.34. The van der Waals surface area contributed by atoms with Gasteiger partial charge in [-0.1, -0.05) is 57.5 Å². The third-order valence-corrected chi connectivity index (χ3v) is 8.03. The zero-order valence-corrected chi connectivity index (χ0v) is 26.8. The summed E-state index contributed by atoms with van der Waals surface area (Å²) >= 11 is 6.50. The molecule has 2 heterocycles. The lowest BCUT2D eigenvalue weighted by atomic mass is 9.85. The highest BCUT2D eigenvalue weighted by Gasteiger charge is 2.47. The summed E-state index contributed by atoms with van der Waals surface area (Å²) in [5.41, 5.74) is 1.72. The van der Waals surface area contributed by atoms with Crippen molar-refractivity contribution in [3.05, 3.63) is 46.7 Å². The number of likely N-dealkylation sites (tertiary alicyclic amines) is 1. The number of carbonyl (C=O) groups excluding carboxylic acids is 3. The molecule has 3 aliphatic rings. The molecular formula is C32H45ClN4O6. The van der Waals surface area contributed by atoms with E-state index in [0.29, 0.717) is 6.42 Å². The molecule has 0 radical (unpaired) electrons. The van der Waals surface area contributed by atoms with Crippen LogP contribution in [0.2, 0.25) is 0 Å². The topological polar surface area (TPSA) is 118 Å². The lowest BCUT2D eigenvalue weighted by molar-refractivity contribution is -0.152. The van der Waals surface area contributed by atoms with E-state index >= 15 is 0 Å². The molecule has 2 fully saturated rings. The number of hydrogen-bond donors (Lipinski definition) is 3. The van der Waals surface area contributed by atoms with Crippen molar-refractivity contribution >= 4 is 29.6 Å². The van der Waals surface area contributed by atoms with Crippen molar-refractivity contribution in [2.75, 3.05) is 13.7 Å². The maximum absolute atomic E-state index is 14.0. The third-order valence-electron chi connectivity index (χ3n) is 7.76. The van der Waals surface area contributed by atoms with Gasteiger partial charge in [0.05, 0.1) is 25.0 Å². The number of ether oxygens (including phenoxy) is 3. The molecule has 2 amide bonds. The Bertz CT molecular complexity index is 1230. The molecule has 5 unspecified atom stereocenters. The molecule has 0 aromatic carbocycles. The van der Waals surface area contributed by atoms with E-state index in [9.17, 15) is 14.4 Å². The predicted molar refractivity (Wildman–Crippen MR) is 165 cm³/mol. The summed E-state index contributed by atoms with van der Waals surface area (Å²) in [4.78, 5) is 41.1. The van der Waals surface area contributed by atoms with Crippen LogP contribution < -0.4 is 16.0 Å². The SMILES string of the molecule is C#CCCCC1CC1OC(=O)NC(C(=O)N1CC(OC2=C(Cl)NC(=CC)C(=CC(=C)CC)N2)CC1C(=O)OC)C(C)(C)C. The zero-order chi connectivity index (χ0) is 31.9. The molecule has 236 valence electrons. The molecule has 1 saturated carbocycles. The number of halogens is 1. The summed E-state index contributed by atoms with van der Waals surface area (Å²) in [6.45, 7) is 13.5. The number of nitrogens with zero attached hydrogens (tertiary/aromatic N) is 1. The highest BCUT2D eigenvalue weighted by atomic mass is 35.5. The van der Waals surface area contributed by atoms with Crippen molar-refractivity contribution in [1.29, 1.82) is 0 Å². The Morgan fingerprint density at radius 3 is 2.58 bits per heavy atom. The van der Waals surface area contributed by atoms with Crippen LogP contribution in [-0.4, -0.2) is 60.8 Å². The third kappa shape index (κ3) is 8.96. The minimum Gasteiger partial charge on any atom is -0.472 e. The second kappa shape index (κ2) is 14.7. The highest BCUT2D eigenvalue weighted by molar-refractivity contribution is 6.29. The summed E-state index contributed by atoms with van der Waals surface area (Å²) in [5.74, 6) is 2.16. The molecule has 0 bridgehead atoms. The zero-order valence-electron chi connectivity index (χ0n) is 26.1. The molecule has 3 rings (SSSR count). The first-order valence-corrected chi connectivity index (χ1v) is 15.2. The lowest BCUT2D eigenvalue weighted by Crippen LogP contribution is -2.57. The van der Waals surface area contributed by atoms with Gasteiger partial charge in [0.1, 0.15) is 24.3 Å². The quantitative estimate of drug-likeness (QED) is 0.131. The van der Waals surface area contributed by atoms with E-state index in [0.717, 1.165) is 42.7 Å². The predicted octanol–water partition coefficient (Wildman–Crippen LogP) is 4.79. The van der Waals surface area contributed by atoms with Crippen molar-refractivity contribution in [2.45, 2.75) is 97.4 Å². The van der Waals surface area contributed by atoms with Crippen molar-refractivity contribution in [3.8, 4) is 12.3 Å². The van der Waals surface area contributed by atoms with Gasteiger partial charge in [0.2, 0.25) is 11.8 Å². The summed E-state index contributed by atoms with van der Waals surface area (Å²) in [5, 5.41) is 9.32. The molecule has 1 saturated heterocycles. The number of terminal acetylenes is 1. The van der Waals surface area contributed by atoms with Crippen molar-refractivity contribution in [1.82, 2.24) is 20.9 Å². The normalized spacial score (nSPS) is 25.8. The van der Waals surface area contributed by atoms with Crippen LogP contribution in [0.3, 0.4) is 0 Å². The molecule has 0 spiro atoms. The molecule has 0 aromatic rings. The smallest absolute Gasteiger partial charge is 0.408 e. The number of hydrogen-bond acceptors (Lipinski definition) is 8. The first-order chi connectivity index (χ1) is 20.3.